The Bertz CT molecular complexity index is 759. The van der Waals surface area contributed by atoms with Gasteiger partial charge < -0.3 is 15.4 Å². The van der Waals surface area contributed by atoms with E-state index in [4.69, 9.17) is 4.74 Å². The first-order chi connectivity index (χ1) is 13.0. The molecular weight excluding hydrogens is 340 g/mol. The number of amides is 2. The Hall–Kier alpha value is -2.82. The van der Waals surface area contributed by atoms with E-state index in [1.54, 1.807) is 14.2 Å². The van der Waals surface area contributed by atoms with Gasteiger partial charge in [-0.05, 0) is 42.5 Å². The number of ether oxygens (including phenoxy) is 1. The Balaban J connectivity index is 1.91. The molecule has 2 amide bonds. The maximum Gasteiger partial charge on any atom is 0.224 e. The number of rotatable bonds is 9. The highest BCUT2D eigenvalue weighted by atomic mass is 16.5. The van der Waals surface area contributed by atoms with E-state index in [2.05, 4.69) is 10.6 Å². The van der Waals surface area contributed by atoms with Gasteiger partial charge in [0.05, 0.1) is 13.5 Å². The Morgan fingerprint density at radius 1 is 1.04 bits per heavy atom. The molecule has 1 unspecified atom stereocenters. The van der Waals surface area contributed by atoms with Crippen molar-refractivity contribution >= 4 is 11.8 Å². The smallest absolute Gasteiger partial charge is 0.224 e. The van der Waals surface area contributed by atoms with Gasteiger partial charge in [-0.1, -0.05) is 42.5 Å². The van der Waals surface area contributed by atoms with Gasteiger partial charge in [-0.2, -0.15) is 0 Å². The Morgan fingerprint density at radius 3 is 2.44 bits per heavy atom. The largest absolute Gasteiger partial charge is 0.496 e. The number of methoxy groups -OCH3 is 1. The van der Waals surface area contributed by atoms with E-state index in [0.29, 0.717) is 25.7 Å². The van der Waals surface area contributed by atoms with Crippen LogP contribution in [0.25, 0.3) is 0 Å². The monoisotopic (exact) mass is 368 g/mol. The van der Waals surface area contributed by atoms with Crippen molar-refractivity contribution in [3.63, 3.8) is 0 Å². The third-order valence-corrected chi connectivity index (χ3v) is 4.41. The van der Waals surface area contributed by atoms with E-state index in [1.807, 2.05) is 55.5 Å². The molecular formula is C22H28N2O3. The first-order valence-electron chi connectivity index (χ1n) is 9.21. The van der Waals surface area contributed by atoms with Gasteiger partial charge in [0.1, 0.15) is 5.75 Å². The number of carbonyl (C=O) groups excluding carboxylic acids is 2. The molecule has 0 aliphatic carbocycles. The van der Waals surface area contributed by atoms with Gasteiger partial charge in [-0.25, -0.2) is 0 Å². The van der Waals surface area contributed by atoms with Gasteiger partial charge in [0.15, 0.2) is 0 Å². The van der Waals surface area contributed by atoms with E-state index >= 15 is 0 Å². The molecule has 2 rings (SSSR count). The summed E-state index contributed by atoms with van der Waals surface area (Å²) in [6.07, 6.45) is 2.16. The maximum absolute atomic E-state index is 12.2. The Morgan fingerprint density at radius 2 is 1.78 bits per heavy atom. The molecule has 0 fully saturated rings. The third-order valence-electron chi connectivity index (χ3n) is 4.41. The van der Waals surface area contributed by atoms with Crippen molar-refractivity contribution in [3.8, 4) is 5.75 Å². The quantitative estimate of drug-likeness (QED) is 0.715. The molecule has 0 saturated carbocycles. The van der Waals surface area contributed by atoms with E-state index in [1.165, 1.54) is 0 Å². The van der Waals surface area contributed by atoms with Crippen LogP contribution < -0.4 is 15.4 Å². The van der Waals surface area contributed by atoms with Crippen molar-refractivity contribution in [1.29, 1.82) is 0 Å². The molecule has 5 nitrogen and oxygen atoms in total. The van der Waals surface area contributed by atoms with Gasteiger partial charge in [0, 0.05) is 19.5 Å². The summed E-state index contributed by atoms with van der Waals surface area (Å²) in [6, 6.07) is 15.7. The fourth-order valence-electron chi connectivity index (χ4n) is 3.01. The number of hydrogen-bond acceptors (Lipinski definition) is 3. The van der Waals surface area contributed by atoms with E-state index in [0.717, 1.165) is 22.4 Å². The molecule has 144 valence electrons. The molecule has 2 aromatic rings. The molecule has 0 heterocycles. The lowest BCUT2D eigenvalue weighted by molar-refractivity contribution is -0.121. The summed E-state index contributed by atoms with van der Waals surface area (Å²) in [5.74, 6) is 0.804. The van der Waals surface area contributed by atoms with Crippen molar-refractivity contribution in [2.45, 2.75) is 38.6 Å². The van der Waals surface area contributed by atoms with E-state index < -0.39 is 0 Å². The predicted molar refractivity (Wildman–Crippen MR) is 107 cm³/mol. The van der Waals surface area contributed by atoms with Crippen molar-refractivity contribution < 1.29 is 14.3 Å². The molecule has 2 N–H and O–H groups in total. The molecule has 0 aromatic heterocycles. The minimum absolute atomic E-state index is 0.0101. The highest BCUT2D eigenvalue weighted by Crippen LogP contribution is 2.22. The summed E-state index contributed by atoms with van der Waals surface area (Å²) in [7, 11) is 3.27. The van der Waals surface area contributed by atoms with Crippen LogP contribution >= 0.6 is 0 Å². The van der Waals surface area contributed by atoms with E-state index in [9.17, 15) is 9.59 Å². The standard InChI is InChI=1S/C22H28N2O3/c1-16(24-22(26)15-17-7-5-4-6-8-17)13-18-9-10-19(20(14-18)27-3)11-12-21(25)23-2/h4-10,14,16H,11-13,15H2,1-3H3,(H,23,25)(H,24,26). The zero-order valence-electron chi connectivity index (χ0n) is 16.2. The van der Waals surface area contributed by atoms with Crippen molar-refractivity contribution in [2.75, 3.05) is 14.2 Å². The lowest BCUT2D eigenvalue weighted by Gasteiger charge is -2.16. The normalized spacial score (nSPS) is 11.5. The molecule has 5 heteroatoms. The molecule has 0 radical (unpaired) electrons. The molecule has 2 aromatic carbocycles. The highest BCUT2D eigenvalue weighted by Gasteiger charge is 2.11. The summed E-state index contributed by atoms with van der Waals surface area (Å²) in [4.78, 5) is 23.6. The minimum atomic E-state index is 0.0101. The fourth-order valence-corrected chi connectivity index (χ4v) is 3.01. The van der Waals surface area contributed by atoms with Crippen LogP contribution in [-0.4, -0.2) is 32.0 Å². The molecule has 0 aliphatic heterocycles. The third kappa shape index (κ3) is 6.77. The van der Waals surface area contributed by atoms with Crippen molar-refractivity contribution in [3.05, 3.63) is 65.2 Å². The predicted octanol–water partition coefficient (Wildman–Crippen LogP) is 2.66. The highest BCUT2D eigenvalue weighted by molar-refractivity contribution is 5.78. The summed E-state index contributed by atoms with van der Waals surface area (Å²) in [6.45, 7) is 1.99. The summed E-state index contributed by atoms with van der Waals surface area (Å²) in [5, 5.41) is 5.67. The number of nitrogens with one attached hydrogen (secondary N) is 2. The van der Waals surface area contributed by atoms with Crippen molar-refractivity contribution in [1.82, 2.24) is 10.6 Å². The zero-order valence-corrected chi connectivity index (χ0v) is 16.2. The Kier molecular flexibility index (Phi) is 7.86. The fraction of sp³-hybridized carbons (Fsp3) is 0.364. The van der Waals surface area contributed by atoms with E-state index in [-0.39, 0.29) is 17.9 Å². The average molecular weight is 368 g/mol. The van der Waals surface area contributed by atoms with Crippen LogP contribution in [0.5, 0.6) is 5.75 Å². The molecule has 0 spiro atoms. The van der Waals surface area contributed by atoms with Crippen LogP contribution in [0.1, 0.15) is 30.0 Å². The van der Waals surface area contributed by atoms with Gasteiger partial charge >= 0.3 is 0 Å². The van der Waals surface area contributed by atoms with Gasteiger partial charge in [0.25, 0.3) is 0 Å². The lowest BCUT2D eigenvalue weighted by Crippen LogP contribution is -2.35. The summed E-state index contributed by atoms with van der Waals surface area (Å²) in [5.41, 5.74) is 3.10. The molecule has 0 saturated heterocycles. The number of carbonyl (C=O) groups is 2. The molecule has 0 aliphatic rings. The van der Waals surface area contributed by atoms with Crippen LogP contribution in [0.15, 0.2) is 48.5 Å². The Labute approximate surface area is 161 Å². The number of hydrogen-bond donors (Lipinski definition) is 2. The second-order valence-corrected chi connectivity index (χ2v) is 6.65. The first kappa shape index (κ1) is 20.5. The van der Waals surface area contributed by atoms with Crippen LogP contribution in [0.3, 0.4) is 0 Å². The van der Waals surface area contributed by atoms with Crippen LogP contribution in [0, 0.1) is 0 Å². The molecule has 1 atom stereocenters. The van der Waals surface area contributed by atoms with Gasteiger partial charge in [0.2, 0.25) is 11.8 Å². The lowest BCUT2D eigenvalue weighted by atomic mass is 10.0. The summed E-state index contributed by atoms with van der Waals surface area (Å²) >= 11 is 0. The topological polar surface area (TPSA) is 67.4 Å². The van der Waals surface area contributed by atoms with Gasteiger partial charge in [-0.3, -0.25) is 9.59 Å². The number of benzene rings is 2. The molecule has 0 bridgehead atoms. The second-order valence-electron chi connectivity index (χ2n) is 6.65. The molecule has 27 heavy (non-hydrogen) atoms. The minimum Gasteiger partial charge on any atom is -0.496 e. The number of aryl methyl sites for hydroxylation is 1. The van der Waals surface area contributed by atoms with Gasteiger partial charge in [-0.15, -0.1) is 0 Å². The van der Waals surface area contributed by atoms with Crippen molar-refractivity contribution in [2.24, 2.45) is 0 Å². The maximum atomic E-state index is 12.2. The van der Waals surface area contributed by atoms with Crippen LogP contribution in [-0.2, 0) is 28.9 Å². The zero-order chi connectivity index (χ0) is 19.6. The average Bonchev–Trinajstić information content (AvgIpc) is 2.67. The van der Waals surface area contributed by atoms with Crippen LogP contribution in [0.4, 0.5) is 0 Å². The second kappa shape index (κ2) is 10.4. The first-order valence-corrected chi connectivity index (χ1v) is 9.21. The van der Waals surface area contributed by atoms with Crippen LogP contribution in [0.2, 0.25) is 0 Å². The SMILES string of the molecule is CNC(=O)CCc1ccc(CC(C)NC(=O)Cc2ccccc2)cc1OC. The summed E-state index contributed by atoms with van der Waals surface area (Å²) < 4.78 is 5.47.